The van der Waals surface area contributed by atoms with Gasteiger partial charge in [0.05, 0.1) is 10.6 Å². The number of aryl methyl sites for hydroxylation is 1. The molecule has 0 spiro atoms. The van der Waals surface area contributed by atoms with Crippen molar-refractivity contribution in [3.8, 4) is 0 Å². The number of carbonyl (C=O) groups excluding carboxylic acids is 1. The monoisotopic (exact) mass is 301 g/mol. The van der Waals surface area contributed by atoms with Crippen molar-refractivity contribution in [2.75, 3.05) is 5.32 Å². The summed E-state index contributed by atoms with van der Waals surface area (Å²) in [6, 6.07) is 13.4. The molecule has 2 rings (SSSR count). The van der Waals surface area contributed by atoms with E-state index in [-0.39, 0.29) is 5.91 Å². The summed E-state index contributed by atoms with van der Waals surface area (Å²) in [6.07, 6.45) is 1.03. The van der Waals surface area contributed by atoms with Crippen molar-refractivity contribution in [1.82, 2.24) is 0 Å². The fraction of sp³-hybridized carbons (Fsp3) is 0.278. The number of hydrogen-bond donors (Lipinski definition) is 1. The summed E-state index contributed by atoms with van der Waals surface area (Å²) in [5, 5.41) is 3.46. The predicted octanol–water partition coefficient (Wildman–Crippen LogP) is 5.41. The van der Waals surface area contributed by atoms with Gasteiger partial charge in [-0.05, 0) is 48.6 Å². The maximum atomic E-state index is 12.4. The number of hydrogen-bond acceptors (Lipinski definition) is 1. The second-order valence-corrected chi connectivity index (χ2v) is 5.74. The molecule has 21 heavy (non-hydrogen) atoms. The van der Waals surface area contributed by atoms with Crippen LogP contribution in [-0.2, 0) is 0 Å². The van der Waals surface area contributed by atoms with E-state index in [9.17, 15) is 4.79 Å². The summed E-state index contributed by atoms with van der Waals surface area (Å²) < 4.78 is 0. The molecule has 1 atom stereocenters. The van der Waals surface area contributed by atoms with Gasteiger partial charge in [0, 0.05) is 5.69 Å². The van der Waals surface area contributed by atoms with Gasteiger partial charge in [-0.2, -0.15) is 0 Å². The van der Waals surface area contributed by atoms with Crippen LogP contribution in [0.5, 0.6) is 0 Å². The van der Waals surface area contributed by atoms with E-state index in [1.165, 1.54) is 0 Å². The first-order chi connectivity index (χ1) is 10.0. The molecule has 2 nitrogen and oxygen atoms in total. The molecule has 3 heteroatoms. The van der Waals surface area contributed by atoms with E-state index >= 15 is 0 Å². The largest absolute Gasteiger partial charge is 0.322 e. The Balaban J connectivity index is 2.28. The summed E-state index contributed by atoms with van der Waals surface area (Å²) in [7, 11) is 0. The predicted molar refractivity (Wildman–Crippen MR) is 89.3 cm³/mol. The Morgan fingerprint density at radius 3 is 2.62 bits per heavy atom. The average molecular weight is 302 g/mol. The van der Waals surface area contributed by atoms with E-state index in [1.54, 1.807) is 12.1 Å². The third kappa shape index (κ3) is 3.64. The molecule has 1 N–H and O–H groups in total. The molecular formula is C18H20ClNO. The molecule has 0 aliphatic rings. The average Bonchev–Trinajstić information content (AvgIpc) is 2.46. The summed E-state index contributed by atoms with van der Waals surface area (Å²) in [6.45, 7) is 6.25. The lowest BCUT2D eigenvalue weighted by molar-refractivity contribution is 0.102. The van der Waals surface area contributed by atoms with Gasteiger partial charge >= 0.3 is 0 Å². The highest BCUT2D eigenvalue weighted by Gasteiger charge is 2.14. The Hall–Kier alpha value is -1.80. The number of carbonyl (C=O) groups is 1. The van der Waals surface area contributed by atoms with E-state index in [0.717, 1.165) is 23.2 Å². The van der Waals surface area contributed by atoms with Crippen LogP contribution in [0.2, 0.25) is 5.02 Å². The summed E-state index contributed by atoms with van der Waals surface area (Å²) in [5.41, 5.74) is 3.54. The van der Waals surface area contributed by atoms with Crippen LogP contribution in [0.3, 0.4) is 0 Å². The van der Waals surface area contributed by atoms with E-state index in [0.29, 0.717) is 16.5 Å². The zero-order valence-corrected chi connectivity index (χ0v) is 13.4. The number of para-hydroxylation sites is 1. The minimum absolute atomic E-state index is 0.171. The summed E-state index contributed by atoms with van der Waals surface area (Å²) >= 11 is 6.16. The molecule has 0 aliphatic carbocycles. The highest BCUT2D eigenvalue weighted by molar-refractivity contribution is 6.34. The van der Waals surface area contributed by atoms with Gasteiger partial charge in [0.25, 0.3) is 5.91 Å². The standard InChI is InChI=1S/C18H20ClNO/c1-4-13(3)14-7-5-6-8-17(14)20-18(21)15-10-9-12(2)11-16(15)19/h5-11,13H,4H2,1-3H3,(H,20,21)/t13-/m0/s1. The van der Waals surface area contributed by atoms with Gasteiger partial charge in [0.2, 0.25) is 0 Å². The lowest BCUT2D eigenvalue weighted by Crippen LogP contribution is -2.14. The Morgan fingerprint density at radius 1 is 1.24 bits per heavy atom. The van der Waals surface area contributed by atoms with Crippen LogP contribution in [0.4, 0.5) is 5.69 Å². The van der Waals surface area contributed by atoms with Gasteiger partial charge in [-0.15, -0.1) is 0 Å². The van der Waals surface area contributed by atoms with Gasteiger partial charge < -0.3 is 5.32 Å². The molecule has 2 aromatic carbocycles. The number of nitrogens with one attached hydrogen (secondary N) is 1. The topological polar surface area (TPSA) is 29.1 Å². The minimum atomic E-state index is -0.171. The quantitative estimate of drug-likeness (QED) is 0.803. The maximum absolute atomic E-state index is 12.4. The molecule has 0 saturated carbocycles. The normalized spacial score (nSPS) is 12.0. The second-order valence-electron chi connectivity index (χ2n) is 5.33. The van der Waals surface area contributed by atoms with Gasteiger partial charge in [-0.25, -0.2) is 0 Å². The smallest absolute Gasteiger partial charge is 0.257 e. The van der Waals surface area contributed by atoms with Crippen LogP contribution in [-0.4, -0.2) is 5.91 Å². The molecule has 0 bridgehead atoms. The summed E-state index contributed by atoms with van der Waals surface area (Å²) in [5.74, 6) is 0.228. The SMILES string of the molecule is CC[C@H](C)c1ccccc1NC(=O)c1ccc(C)cc1Cl. The third-order valence-electron chi connectivity index (χ3n) is 3.72. The maximum Gasteiger partial charge on any atom is 0.257 e. The van der Waals surface area contributed by atoms with Crippen molar-refractivity contribution in [2.45, 2.75) is 33.1 Å². The second kappa shape index (κ2) is 6.77. The Bertz CT molecular complexity index is 651. The van der Waals surface area contributed by atoms with Gasteiger partial charge in [0.1, 0.15) is 0 Å². The van der Waals surface area contributed by atoms with Crippen molar-refractivity contribution in [3.05, 3.63) is 64.2 Å². The first-order valence-corrected chi connectivity index (χ1v) is 7.57. The molecule has 0 saturated heterocycles. The summed E-state index contributed by atoms with van der Waals surface area (Å²) in [4.78, 5) is 12.4. The number of anilines is 1. The molecule has 0 fully saturated rings. The molecule has 110 valence electrons. The zero-order chi connectivity index (χ0) is 15.4. The van der Waals surface area contributed by atoms with E-state index in [2.05, 4.69) is 25.2 Å². The Morgan fingerprint density at radius 2 is 1.95 bits per heavy atom. The lowest BCUT2D eigenvalue weighted by Gasteiger charge is -2.16. The van der Waals surface area contributed by atoms with Crippen LogP contribution in [0, 0.1) is 6.92 Å². The van der Waals surface area contributed by atoms with Gasteiger partial charge in [-0.3, -0.25) is 4.79 Å². The van der Waals surface area contributed by atoms with Crippen molar-refractivity contribution in [1.29, 1.82) is 0 Å². The van der Waals surface area contributed by atoms with Crippen molar-refractivity contribution in [2.24, 2.45) is 0 Å². The first kappa shape index (κ1) is 15.6. The lowest BCUT2D eigenvalue weighted by atomic mass is 9.96. The van der Waals surface area contributed by atoms with Crippen molar-refractivity contribution < 1.29 is 4.79 Å². The van der Waals surface area contributed by atoms with Gasteiger partial charge in [0.15, 0.2) is 0 Å². The fourth-order valence-corrected chi connectivity index (χ4v) is 2.58. The highest BCUT2D eigenvalue weighted by atomic mass is 35.5. The zero-order valence-electron chi connectivity index (χ0n) is 12.6. The number of amides is 1. The van der Waals surface area contributed by atoms with Crippen LogP contribution >= 0.6 is 11.6 Å². The highest BCUT2D eigenvalue weighted by Crippen LogP contribution is 2.27. The van der Waals surface area contributed by atoms with Crippen molar-refractivity contribution >= 4 is 23.2 Å². The van der Waals surface area contributed by atoms with Crippen LogP contribution < -0.4 is 5.32 Å². The third-order valence-corrected chi connectivity index (χ3v) is 4.03. The number of rotatable bonds is 4. The molecule has 0 aliphatic heterocycles. The molecule has 0 heterocycles. The molecule has 2 aromatic rings. The van der Waals surface area contributed by atoms with Crippen LogP contribution in [0.15, 0.2) is 42.5 Å². The molecule has 0 unspecified atom stereocenters. The Labute approximate surface area is 131 Å². The van der Waals surface area contributed by atoms with Crippen LogP contribution in [0.1, 0.15) is 47.7 Å². The van der Waals surface area contributed by atoms with Crippen molar-refractivity contribution in [3.63, 3.8) is 0 Å². The van der Waals surface area contributed by atoms with E-state index < -0.39 is 0 Å². The first-order valence-electron chi connectivity index (χ1n) is 7.19. The van der Waals surface area contributed by atoms with Gasteiger partial charge in [-0.1, -0.05) is 49.7 Å². The molecule has 1 amide bonds. The molecule has 0 aromatic heterocycles. The van der Waals surface area contributed by atoms with Crippen LogP contribution in [0.25, 0.3) is 0 Å². The molecule has 0 radical (unpaired) electrons. The Kier molecular flexibility index (Phi) is 5.03. The minimum Gasteiger partial charge on any atom is -0.322 e. The fourth-order valence-electron chi connectivity index (χ4n) is 2.25. The molecular weight excluding hydrogens is 282 g/mol. The van der Waals surface area contributed by atoms with E-state index in [4.69, 9.17) is 11.6 Å². The number of halogens is 1. The number of benzene rings is 2. The van der Waals surface area contributed by atoms with E-state index in [1.807, 2.05) is 31.2 Å².